The predicted molar refractivity (Wildman–Crippen MR) is 128 cm³/mol. The van der Waals surface area contributed by atoms with Crippen molar-refractivity contribution in [1.29, 1.82) is 5.41 Å². The van der Waals surface area contributed by atoms with E-state index in [9.17, 15) is 23.1 Å². The Hall–Kier alpha value is -2.86. The van der Waals surface area contributed by atoms with Crippen LogP contribution in [0.25, 0.3) is 0 Å². The van der Waals surface area contributed by atoms with Crippen LogP contribution in [-0.2, 0) is 26.0 Å². The number of anilines is 1. The Morgan fingerprint density at radius 3 is 2.85 bits per heavy atom. The molecule has 2 unspecified atom stereocenters. The van der Waals surface area contributed by atoms with E-state index in [-0.39, 0.29) is 36.3 Å². The Bertz CT molecular complexity index is 1030. The minimum atomic E-state index is -4.08. The van der Waals surface area contributed by atoms with Crippen molar-refractivity contribution in [1.82, 2.24) is 14.9 Å². The fraction of sp³-hybridized carbons (Fsp3) is 0.591. The monoisotopic (exact) mass is 494 g/mol. The predicted octanol–water partition coefficient (Wildman–Crippen LogP) is 0.667. The number of aliphatic carboxylic acids is 1. The molecule has 1 amide bonds. The summed E-state index contributed by atoms with van der Waals surface area (Å²) in [7, 11) is -4.08. The van der Waals surface area contributed by atoms with Gasteiger partial charge in [-0.2, -0.15) is 4.72 Å². The number of carbonyl (C=O) groups is 2. The second-order valence-electron chi connectivity index (χ2n) is 8.99. The number of nitrogens with zero attached hydrogens (tertiary/aromatic N) is 1. The molecule has 188 valence electrons. The summed E-state index contributed by atoms with van der Waals surface area (Å²) in [6, 6.07) is 2.92. The summed E-state index contributed by atoms with van der Waals surface area (Å²) in [6.45, 7) is 3.13. The van der Waals surface area contributed by atoms with Gasteiger partial charge in [0.15, 0.2) is 5.96 Å². The molecule has 2 aliphatic heterocycles. The van der Waals surface area contributed by atoms with Crippen molar-refractivity contribution < 1.29 is 23.1 Å². The number of likely N-dealkylation sites (tertiary alicyclic amines) is 1. The maximum atomic E-state index is 13.5. The first-order valence-corrected chi connectivity index (χ1v) is 13.1. The number of benzene rings is 1. The van der Waals surface area contributed by atoms with E-state index in [0.29, 0.717) is 31.5 Å². The van der Waals surface area contributed by atoms with Crippen LogP contribution in [0.5, 0.6) is 0 Å². The molecule has 0 radical (unpaired) electrons. The molecule has 3 rings (SSSR count). The van der Waals surface area contributed by atoms with Gasteiger partial charge in [0.25, 0.3) is 0 Å². The van der Waals surface area contributed by atoms with Gasteiger partial charge in [0.1, 0.15) is 17.0 Å². The smallest absolute Gasteiger partial charge is 0.326 e. The topological polar surface area (TPSA) is 178 Å². The molecule has 1 fully saturated rings. The maximum absolute atomic E-state index is 13.5. The first kappa shape index (κ1) is 25.8. The SMILES string of the molecule is CC1CCN(C(=O)[C@H](CCCNC(=N)N)NS(=O)(=O)c2cccc3c2NCCC3)C(C(=O)O)C1. The zero-order valence-corrected chi connectivity index (χ0v) is 20.2. The molecule has 12 heteroatoms. The minimum absolute atomic E-state index is 0.0754. The summed E-state index contributed by atoms with van der Waals surface area (Å²) in [6.07, 6.45) is 3.11. The van der Waals surface area contributed by atoms with Crippen LogP contribution in [0, 0.1) is 11.3 Å². The highest BCUT2D eigenvalue weighted by Gasteiger charge is 2.39. The van der Waals surface area contributed by atoms with Gasteiger partial charge in [-0.1, -0.05) is 19.1 Å². The average Bonchev–Trinajstić information content (AvgIpc) is 2.79. The number of sulfonamides is 1. The van der Waals surface area contributed by atoms with Gasteiger partial charge >= 0.3 is 5.97 Å². The number of nitrogens with two attached hydrogens (primary N) is 1. The van der Waals surface area contributed by atoms with Crippen LogP contribution in [-0.4, -0.2) is 68.0 Å². The number of nitrogens with one attached hydrogen (secondary N) is 4. The van der Waals surface area contributed by atoms with Crippen LogP contribution in [0.4, 0.5) is 5.69 Å². The number of rotatable bonds is 9. The van der Waals surface area contributed by atoms with Crippen LogP contribution < -0.4 is 21.1 Å². The Balaban J connectivity index is 1.86. The Kier molecular flexibility index (Phi) is 8.37. The number of amides is 1. The van der Waals surface area contributed by atoms with E-state index < -0.39 is 34.0 Å². The third kappa shape index (κ3) is 6.17. The van der Waals surface area contributed by atoms with Crippen LogP contribution >= 0.6 is 0 Å². The quantitative estimate of drug-likeness (QED) is 0.165. The van der Waals surface area contributed by atoms with E-state index in [4.69, 9.17) is 11.1 Å². The number of carbonyl (C=O) groups excluding carboxylic acids is 1. The number of hydrogen-bond acceptors (Lipinski definition) is 6. The number of piperidine rings is 1. The Morgan fingerprint density at radius 1 is 1.38 bits per heavy atom. The van der Waals surface area contributed by atoms with Crippen LogP contribution in [0.15, 0.2) is 23.1 Å². The minimum Gasteiger partial charge on any atom is -0.480 e. The van der Waals surface area contributed by atoms with Crippen molar-refractivity contribution in [3.63, 3.8) is 0 Å². The molecule has 34 heavy (non-hydrogen) atoms. The lowest BCUT2D eigenvalue weighted by atomic mass is 9.91. The van der Waals surface area contributed by atoms with Gasteiger partial charge in [0.05, 0.1) is 5.69 Å². The van der Waals surface area contributed by atoms with Gasteiger partial charge in [0.2, 0.25) is 15.9 Å². The van der Waals surface area contributed by atoms with Crippen LogP contribution in [0.3, 0.4) is 0 Å². The van der Waals surface area contributed by atoms with E-state index in [1.165, 1.54) is 11.0 Å². The molecule has 0 spiro atoms. The summed E-state index contributed by atoms with van der Waals surface area (Å²) in [5.41, 5.74) is 6.75. The number of hydrogen-bond donors (Lipinski definition) is 6. The third-order valence-electron chi connectivity index (χ3n) is 6.34. The number of aryl methyl sites for hydroxylation is 1. The maximum Gasteiger partial charge on any atom is 0.326 e. The molecule has 7 N–H and O–H groups in total. The van der Waals surface area contributed by atoms with Gasteiger partial charge in [-0.25, -0.2) is 13.2 Å². The highest BCUT2D eigenvalue weighted by molar-refractivity contribution is 7.89. The van der Waals surface area contributed by atoms with Gasteiger partial charge in [0, 0.05) is 19.6 Å². The number of carboxylic acids is 1. The lowest BCUT2D eigenvalue weighted by Gasteiger charge is -2.38. The molecule has 1 saturated heterocycles. The van der Waals surface area contributed by atoms with Gasteiger partial charge in [-0.15, -0.1) is 0 Å². The number of fused-ring (bicyclic) bond motifs is 1. The molecule has 0 saturated carbocycles. The molecule has 2 heterocycles. The van der Waals surface area contributed by atoms with E-state index in [1.807, 2.05) is 13.0 Å². The summed E-state index contributed by atoms with van der Waals surface area (Å²) in [5.74, 6) is -1.71. The number of para-hydroxylation sites is 1. The van der Waals surface area contributed by atoms with E-state index in [0.717, 1.165) is 18.4 Å². The Labute approximate surface area is 200 Å². The largest absolute Gasteiger partial charge is 0.480 e. The lowest BCUT2D eigenvalue weighted by molar-refractivity contribution is -0.153. The van der Waals surface area contributed by atoms with Gasteiger partial charge < -0.3 is 26.4 Å². The van der Waals surface area contributed by atoms with Gasteiger partial charge in [-0.05, 0) is 56.1 Å². The third-order valence-corrected chi connectivity index (χ3v) is 7.85. The summed E-state index contributed by atoms with van der Waals surface area (Å²) in [4.78, 5) is 26.7. The van der Waals surface area contributed by atoms with Crippen molar-refractivity contribution in [2.45, 2.75) is 62.4 Å². The molecule has 2 aliphatic rings. The molecule has 3 atom stereocenters. The van der Waals surface area contributed by atoms with E-state index in [2.05, 4.69) is 15.4 Å². The molecule has 1 aromatic carbocycles. The van der Waals surface area contributed by atoms with Crippen LogP contribution in [0.1, 0.15) is 44.6 Å². The number of guanidine groups is 1. The first-order chi connectivity index (χ1) is 16.1. The second kappa shape index (κ2) is 11.0. The van der Waals surface area contributed by atoms with Crippen molar-refractivity contribution in [2.24, 2.45) is 11.7 Å². The average molecular weight is 495 g/mol. The molecular weight excluding hydrogens is 460 g/mol. The first-order valence-electron chi connectivity index (χ1n) is 11.6. The molecule has 1 aromatic rings. The highest BCUT2D eigenvalue weighted by atomic mass is 32.2. The Morgan fingerprint density at radius 2 is 2.15 bits per heavy atom. The lowest BCUT2D eigenvalue weighted by Crippen LogP contribution is -2.56. The van der Waals surface area contributed by atoms with Crippen molar-refractivity contribution >= 4 is 33.5 Å². The normalized spacial score (nSPS) is 21.1. The summed E-state index contributed by atoms with van der Waals surface area (Å²) in [5, 5.41) is 22.8. The zero-order chi connectivity index (χ0) is 24.9. The summed E-state index contributed by atoms with van der Waals surface area (Å²) >= 11 is 0. The number of carboxylic acid groups (broad SMARTS) is 1. The molecule has 0 bridgehead atoms. The van der Waals surface area contributed by atoms with Crippen LogP contribution in [0.2, 0.25) is 0 Å². The van der Waals surface area contributed by atoms with Gasteiger partial charge in [-0.3, -0.25) is 10.2 Å². The summed E-state index contributed by atoms with van der Waals surface area (Å²) < 4.78 is 29.4. The molecule has 0 aromatic heterocycles. The van der Waals surface area contributed by atoms with Crippen molar-refractivity contribution in [3.8, 4) is 0 Å². The molecule has 11 nitrogen and oxygen atoms in total. The highest BCUT2D eigenvalue weighted by Crippen LogP contribution is 2.30. The second-order valence-corrected chi connectivity index (χ2v) is 10.7. The fourth-order valence-electron chi connectivity index (χ4n) is 4.55. The van der Waals surface area contributed by atoms with E-state index in [1.54, 1.807) is 6.07 Å². The van der Waals surface area contributed by atoms with E-state index >= 15 is 0 Å². The standard InChI is InChI=1S/C22H34N6O5S/c1-14-9-12-28(17(13-14)21(30)31)20(29)16(7-4-11-26-22(23)24)27-34(32,33)18-8-2-5-15-6-3-10-25-19(15)18/h2,5,8,14,16-17,25,27H,3-4,6-7,9-13H2,1H3,(H,30,31)(H4,23,24,26)/t14?,16-,17?/m0/s1. The van der Waals surface area contributed by atoms with Crippen molar-refractivity contribution in [2.75, 3.05) is 25.0 Å². The molecule has 0 aliphatic carbocycles. The molecular formula is C22H34N6O5S. The fourth-order valence-corrected chi connectivity index (χ4v) is 6.00. The zero-order valence-electron chi connectivity index (χ0n) is 19.3. The van der Waals surface area contributed by atoms with Crippen molar-refractivity contribution in [3.05, 3.63) is 23.8 Å².